The molecule has 1 aliphatic heterocycles. The van der Waals surface area contributed by atoms with Crippen LogP contribution in [-0.4, -0.2) is 41.6 Å². The molecule has 1 amide bonds. The van der Waals surface area contributed by atoms with E-state index < -0.39 is 0 Å². The number of aromatic nitrogens is 2. The lowest BCUT2D eigenvalue weighted by Gasteiger charge is -2.25. The molecule has 0 bridgehead atoms. The predicted octanol–water partition coefficient (Wildman–Crippen LogP) is 3.81. The minimum Gasteiger partial charge on any atom is -0.378 e. The number of carbonyl (C=O) groups excluding carboxylic acids is 1. The first kappa shape index (κ1) is 17.9. The van der Waals surface area contributed by atoms with Gasteiger partial charge in [-0.25, -0.2) is 0 Å². The summed E-state index contributed by atoms with van der Waals surface area (Å²) in [5.41, 5.74) is 4.65. The number of rotatable bonds is 4. The summed E-state index contributed by atoms with van der Waals surface area (Å²) in [6, 6.07) is 16.6. The molecular weight excluding hydrogens is 364 g/mol. The van der Waals surface area contributed by atoms with E-state index in [0.717, 1.165) is 24.1 Å². The lowest BCUT2D eigenvalue weighted by Crippen LogP contribution is -2.28. The van der Waals surface area contributed by atoms with Crippen molar-refractivity contribution in [3.8, 4) is 11.5 Å². The lowest BCUT2D eigenvalue weighted by atomic mass is 10.1. The number of likely N-dealkylation sites (tertiary alicyclic amines) is 1. The van der Waals surface area contributed by atoms with Crippen LogP contribution in [0, 0.1) is 0 Å². The maximum atomic E-state index is 12.8. The highest BCUT2D eigenvalue weighted by atomic mass is 16.5. The topological polar surface area (TPSA) is 62.5 Å². The summed E-state index contributed by atoms with van der Waals surface area (Å²) in [6.45, 7) is 0.649. The molecule has 2 atom stereocenters. The zero-order valence-electron chi connectivity index (χ0n) is 16.7. The molecule has 0 N–H and O–H groups in total. The molecule has 1 aliphatic carbocycles. The van der Waals surface area contributed by atoms with Gasteiger partial charge in [0.25, 0.3) is 5.89 Å². The van der Waals surface area contributed by atoms with Gasteiger partial charge in [-0.3, -0.25) is 4.79 Å². The van der Waals surface area contributed by atoms with Gasteiger partial charge < -0.3 is 14.3 Å². The summed E-state index contributed by atoms with van der Waals surface area (Å²) in [6.07, 6.45) is 2.47. The molecule has 0 saturated carbocycles. The maximum absolute atomic E-state index is 12.8. The molecule has 2 heterocycles. The molecule has 6 nitrogen and oxygen atoms in total. The average Bonchev–Trinajstić information content (AvgIpc) is 3.46. The van der Waals surface area contributed by atoms with E-state index in [1.165, 1.54) is 11.1 Å². The number of amides is 1. The highest BCUT2D eigenvalue weighted by Crippen LogP contribution is 2.40. The fraction of sp³-hybridized carbons (Fsp3) is 0.348. The highest BCUT2D eigenvalue weighted by Gasteiger charge is 2.39. The van der Waals surface area contributed by atoms with Crippen LogP contribution in [0.3, 0.4) is 0 Å². The van der Waals surface area contributed by atoms with Crippen molar-refractivity contribution in [2.45, 2.75) is 31.2 Å². The van der Waals surface area contributed by atoms with Crippen LogP contribution in [-0.2, 0) is 11.2 Å². The molecule has 1 aromatic heterocycles. The summed E-state index contributed by atoms with van der Waals surface area (Å²) in [5, 5.41) is 4.20. The maximum Gasteiger partial charge on any atom is 0.257 e. The lowest BCUT2D eigenvalue weighted by molar-refractivity contribution is -0.129. The van der Waals surface area contributed by atoms with Gasteiger partial charge in [0, 0.05) is 44.2 Å². The van der Waals surface area contributed by atoms with Crippen LogP contribution in [0.5, 0.6) is 0 Å². The van der Waals surface area contributed by atoms with Crippen molar-refractivity contribution < 1.29 is 9.32 Å². The van der Waals surface area contributed by atoms with Gasteiger partial charge in [-0.05, 0) is 48.2 Å². The van der Waals surface area contributed by atoms with Crippen molar-refractivity contribution in [1.29, 1.82) is 0 Å². The van der Waals surface area contributed by atoms with Crippen molar-refractivity contribution in [3.63, 3.8) is 0 Å². The first-order chi connectivity index (χ1) is 14.1. The third-order valence-electron chi connectivity index (χ3n) is 6.07. The minimum atomic E-state index is -0.0196. The van der Waals surface area contributed by atoms with Crippen LogP contribution in [0.4, 0.5) is 5.69 Å². The Morgan fingerprint density at radius 3 is 2.69 bits per heavy atom. The normalized spacial score (nSPS) is 20.9. The van der Waals surface area contributed by atoms with Crippen LogP contribution in [0.1, 0.15) is 41.8 Å². The third kappa shape index (κ3) is 3.18. The van der Waals surface area contributed by atoms with Gasteiger partial charge in [0.1, 0.15) is 0 Å². The van der Waals surface area contributed by atoms with Crippen molar-refractivity contribution >= 4 is 11.6 Å². The van der Waals surface area contributed by atoms with Gasteiger partial charge >= 0.3 is 0 Å². The molecule has 5 rings (SSSR count). The smallest absolute Gasteiger partial charge is 0.257 e. The van der Waals surface area contributed by atoms with E-state index in [9.17, 15) is 4.79 Å². The van der Waals surface area contributed by atoms with Crippen LogP contribution < -0.4 is 4.90 Å². The second-order valence-electron chi connectivity index (χ2n) is 8.10. The Morgan fingerprint density at radius 1 is 1.10 bits per heavy atom. The second kappa shape index (κ2) is 7.03. The molecule has 1 fully saturated rings. The number of hydrogen-bond donors (Lipinski definition) is 0. The number of aryl methyl sites for hydroxylation is 1. The number of carbonyl (C=O) groups is 1. The van der Waals surface area contributed by atoms with Crippen LogP contribution >= 0.6 is 0 Å². The van der Waals surface area contributed by atoms with E-state index in [1.807, 2.05) is 48.2 Å². The number of anilines is 1. The highest BCUT2D eigenvalue weighted by molar-refractivity contribution is 5.80. The van der Waals surface area contributed by atoms with Gasteiger partial charge in [-0.2, -0.15) is 4.98 Å². The van der Waals surface area contributed by atoms with Crippen molar-refractivity contribution in [2.24, 2.45) is 0 Å². The fourth-order valence-corrected chi connectivity index (χ4v) is 4.48. The largest absolute Gasteiger partial charge is 0.378 e. The van der Waals surface area contributed by atoms with Crippen molar-refractivity contribution in [2.75, 3.05) is 25.5 Å². The molecule has 1 saturated heterocycles. The van der Waals surface area contributed by atoms with Crippen LogP contribution in [0.15, 0.2) is 53.1 Å². The Labute approximate surface area is 170 Å². The minimum absolute atomic E-state index is 0.0196. The monoisotopic (exact) mass is 388 g/mol. The van der Waals surface area contributed by atoms with E-state index in [0.29, 0.717) is 24.7 Å². The summed E-state index contributed by atoms with van der Waals surface area (Å²) >= 11 is 0. The molecule has 0 spiro atoms. The SMILES string of the molecule is CN(C)c1ccc(-c2nc(C3CC(=O)N(C4CCc5ccccc54)C3)no2)cc1. The van der Waals surface area contributed by atoms with Gasteiger partial charge in [0.15, 0.2) is 5.82 Å². The molecule has 3 aromatic rings. The van der Waals surface area contributed by atoms with Gasteiger partial charge in [0.05, 0.1) is 6.04 Å². The zero-order valence-corrected chi connectivity index (χ0v) is 16.7. The Morgan fingerprint density at radius 2 is 1.90 bits per heavy atom. The zero-order chi connectivity index (χ0) is 20.0. The third-order valence-corrected chi connectivity index (χ3v) is 6.07. The number of hydrogen-bond acceptors (Lipinski definition) is 5. The van der Waals surface area contributed by atoms with Gasteiger partial charge in [0.2, 0.25) is 5.91 Å². The first-order valence-corrected chi connectivity index (χ1v) is 10.1. The van der Waals surface area contributed by atoms with E-state index in [2.05, 4.69) is 34.4 Å². The van der Waals surface area contributed by atoms with Crippen molar-refractivity contribution in [1.82, 2.24) is 15.0 Å². The predicted molar refractivity (Wildman–Crippen MR) is 111 cm³/mol. The van der Waals surface area contributed by atoms with E-state index in [4.69, 9.17) is 4.52 Å². The van der Waals surface area contributed by atoms with Gasteiger partial charge in [-0.15, -0.1) is 0 Å². The Hall–Kier alpha value is -3.15. The quantitative estimate of drug-likeness (QED) is 0.680. The Balaban J connectivity index is 1.34. The summed E-state index contributed by atoms with van der Waals surface area (Å²) < 4.78 is 5.51. The Bertz CT molecular complexity index is 1040. The number of benzene rings is 2. The Kier molecular flexibility index (Phi) is 4.34. The van der Waals surface area contributed by atoms with Crippen LogP contribution in [0.25, 0.3) is 11.5 Å². The number of fused-ring (bicyclic) bond motifs is 1. The van der Waals surface area contributed by atoms with Gasteiger partial charge in [-0.1, -0.05) is 29.4 Å². The summed E-state index contributed by atoms with van der Waals surface area (Å²) in [7, 11) is 4.01. The molecule has 2 unspecified atom stereocenters. The second-order valence-corrected chi connectivity index (χ2v) is 8.10. The molecular formula is C23H24N4O2. The molecule has 148 valence electrons. The molecule has 2 aliphatic rings. The average molecular weight is 388 g/mol. The first-order valence-electron chi connectivity index (χ1n) is 10.1. The van der Waals surface area contributed by atoms with E-state index in [-0.39, 0.29) is 17.9 Å². The number of nitrogens with zero attached hydrogens (tertiary/aromatic N) is 4. The van der Waals surface area contributed by atoms with E-state index in [1.54, 1.807) is 0 Å². The van der Waals surface area contributed by atoms with Crippen LogP contribution in [0.2, 0.25) is 0 Å². The molecule has 6 heteroatoms. The molecule has 0 radical (unpaired) electrons. The van der Waals surface area contributed by atoms with Crippen molar-refractivity contribution in [3.05, 3.63) is 65.5 Å². The molecule has 29 heavy (non-hydrogen) atoms. The summed E-state index contributed by atoms with van der Waals surface area (Å²) in [5.74, 6) is 1.29. The summed E-state index contributed by atoms with van der Waals surface area (Å²) in [4.78, 5) is 21.4. The molecule has 2 aromatic carbocycles. The standard InChI is InChI=1S/C23H24N4O2/c1-26(2)18-10-7-16(8-11-18)23-24-22(25-29-23)17-13-21(28)27(14-17)20-12-9-15-5-3-4-6-19(15)20/h3-8,10-11,17,20H,9,12-14H2,1-2H3. The fourth-order valence-electron chi connectivity index (χ4n) is 4.48. The van der Waals surface area contributed by atoms with E-state index >= 15 is 0 Å².